The minimum atomic E-state index is -0.155. The van der Waals surface area contributed by atoms with Crippen molar-refractivity contribution in [2.75, 3.05) is 0 Å². The molecular weight excluding hydrogens is 164 g/mol. The molecule has 1 atom stereocenters. The molecule has 1 saturated heterocycles. The van der Waals surface area contributed by atoms with E-state index in [0.717, 1.165) is 6.42 Å². The highest BCUT2D eigenvalue weighted by atomic mass is 16.5. The monoisotopic (exact) mass is 172 g/mol. The van der Waals surface area contributed by atoms with Gasteiger partial charge in [-0.25, -0.2) is 0 Å². The van der Waals surface area contributed by atoms with Crippen LogP contribution >= 0.6 is 0 Å². The van der Waals surface area contributed by atoms with E-state index in [1.54, 1.807) is 6.08 Å². The lowest BCUT2D eigenvalue weighted by Crippen LogP contribution is -2.01. The van der Waals surface area contributed by atoms with Crippen molar-refractivity contribution in [2.45, 2.75) is 18.9 Å². The summed E-state index contributed by atoms with van der Waals surface area (Å²) < 4.78 is 4.90. The maximum Gasteiger partial charge on any atom is 0.306 e. The van der Waals surface area contributed by atoms with Crippen LogP contribution in [0.4, 0.5) is 0 Å². The molecule has 0 saturated carbocycles. The third kappa shape index (κ3) is 3.34. The molecule has 1 rings (SSSR count). The summed E-state index contributed by atoms with van der Waals surface area (Å²) in [5.74, 6) is 7.01. The van der Waals surface area contributed by atoms with Gasteiger partial charge in [-0.1, -0.05) is 5.92 Å². The van der Waals surface area contributed by atoms with E-state index in [2.05, 4.69) is 23.5 Å². The Morgan fingerprint density at radius 3 is 3.08 bits per heavy atom. The minimum Gasteiger partial charge on any atom is -0.457 e. The van der Waals surface area contributed by atoms with Crippen LogP contribution in [0, 0.1) is 24.2 Å². The van der Waals surface area contributed by atoms with Crippen molar-refractivity contribution in [1.29, 1.82) is 0 Å². The number of carbonyl (C=O) groups excluding carboxylic acids is 1. The highest BCUT2D eigenvalue weighted by Gasteiger charge is 2.20. The third-order valence-corrected chi connectivity index (χ3v) is 1.50. The molecule has 1 fully saturated rings. The van der Waals surface area contributed by atoms with E-state index < -0.39 is 0 Å². The van der Waals surface area contributed by atoms with Gasteiger partial charge in [0.25, 0.3) is 0 Å². The maximum atomic E-state index is 10.7. The number of rotatable bonds is 1. The Morgan fingerprint density at radius 1 is 1.62 bits per heavy atom. The van der Waals surface area contributed by atoms with Crippen LogP contribution in [-0.4, -0.2) is 12.1 Å². The van der Waals surface area contributed by atoms with E-state index in [1.807, 2.05) is 0 Å². The van der Waals surface area contributed by atoms with Crippen LogP contribution in [0.25, 0.3) is 0 Å². The number of hydrogen-bond acceptors (Lipinski definition) is 2. The first-order valence-electron chi connectivity index (χ1n) is 3.89. The first-order chi connectivity index (χ1) is 6.33. The van der Waals surface area contributed by atoms with E-state index in [4.69, 9.17) is 11.2 Å². The number of terminal acetylenes is 1. The van der Waals surface area contributed by atoms with Gasteiger partial charge in [0.05, 0.1) is 0 Å². The third-order valence-electron chi connectivity index (χ3n) is 1.50. The van der Waals surface area contributed by atoms with Crippen molar-refractivity contribution < 1.29 is 9.53 Å². The summed E-state index contributed by atoms with van der Waals surface area (Å²) in [7, 11) is 0. The number of esters is 1. The van der Waals surface area contributed by atoms with Gasteiger partial charge in [0.2, 0.25) is 0 Å². The highest BCUT2D eigenvalue weighted by molar-refractivity contribution is 5.71. The topological polar surface area (TPSA) is 26.3 Å². The molecule has 0 radical (unpaired) electrons. The zero-order valence-corrected chi connectivity index (χ0v) is 7.04. The number of ether oxygens (including phenoxy) is 1. The van der Waals surface area contributed by atoms with E-state index >= 15 is 0 Å². The zero-order chi connectivity index (χ0) is 9.52. The van der Waals surface area contributed by atoms with E-state index in [0.29, 0.717) is 6.42 Å². The molecule has 1 aliphatic rings. The normalized spacial score (nSPS) is 18.7. The van der Waals surface area contributed by atoms with Gasteiger partial charge >= 0.3 is 5.97 Å². The minimum absolute atomic E-state index is 0.142. The lowest BCUT2D eigenvalue weighted by Gasteiger charge is -1.97. The zero-order valence-electron chi connectivity index (χ0n) is 7.04. The van der Waals surface area contributed by atoms with E-state index in [-0.39, 0.29) is 12.1 Å². The predicted molar refractivity (Wildman–Crippen MR) is 48.4 cm³/mol. The number of carbonyl (C=O) groups is 1. The Balaban J connectivity index is 2.45. The van der Waals surface area contributed by atoms with Crippen molar-refractivity contribution in [1.82, 2.24) is 0 Å². The van der Waals surface area contributed by atoms with Crippen LogP contribution < -0.4 is 0 Å². The summed E-state index contributed by atoms with van der Waals surface area (Å²) in [6.07, 6.45) is 9.15. The molecular formula is C11H8O2. The predicted octanol–water partition coefficient (Wildman–Crippen LogP) is 1.04. The summed E-state index contributed by atoms with van der Waals surface area (Å²) in [6, 6.07) is 0. The largest absolute Gasteiger partial charge is 0.457 e. The molecule has 13 heavy (non-hydrogen) atoms. The molecule has 0 N–H and O–H groups in total. The molecule has 0 amide bonds. The molecule has 64 valence electrons. The van der Waals surface area contributed by atoms with Crippen LogP contribution in [0.1, 0.15) is 12.8 Å². The number of hydrogen-bond donors (Lipinski definition) is 0. The Morgan fingerprint density at radius 2 is 2.46 bits per heavy atom. The molecule has 2 heteroatoms. The summed E-state index contributed by atoms with van der Waals surface area (Å²) in [6.45, 7) is 0. The smallest absolute Gasteiger partial charge is 0.306 e. The average Bonchev–Trinajstić information content (AvgIpc) is 2.51. The first kappa shape index (κ1) is 9.20. The van der Waals surface area contributed by atoms with Gasteiger partial charge in [0.15, 0.2) is 0 Å². The molecule has 2 nitrogen and oxygen atoms in total. The Kier molecular flexibility index (Phi) is 3.45. The fraction of sp³-hybridized carbons (Fsp3) is 0.273. The molecule has 0 aliphatic carbocycles. The molecule has 0 unspecified atom stereocenters. The van der Waals surface area contributed by atoms with Gasteiger partial charge in [-0.2, -0.15) is 0 Å². The second-order valence-corrected chi connectivity index (χ2v) is 2.46. The van der Waals surface area contributed by atoms with Crippen molar-refractivity contribution in [3.63, 3.8) is 0 Å². The second-order valence-electron chi connectivity index (χ2n) is 2.46. The standard InChI is InChI=1S/C11H8O2/c1-2-3-4-5-6-7-10-8-9-11(12)13-10/h1,5,7,10H,8-9H2/t6?,10-/m1/s1. The number of cyclic esters (lactones) is 1. The van der Waals surface area contributed by atoms with Crippen molar-refractivity contribution in [3.05, 3.63) is 17.9 Å². The van der Waals surface area contributed by atoms with Crippen LogP contribution in [0.3, 0.4) is 0 Å². The molecule has 0 aromatic rings. The van der Waals surface area contributed by atoms with Crippen LogP contribution in [0.5, 0.6) is 0 Å². The maximum absolute atomic E-state index is 10.7. The molecule has 0 spiro atoms. The van der Waals surface area contributed by atoms with Crippen molar-refractivity contribution in [2.24, 2.45) is 0 Å². The summed E-state index contributed by atoms with van der Waals surface area (Å²) in [5, 5.41) is 0. The van der Waals surface area contributed by atoms with E-state index in [9.17, 15) is 4.79 Å². The van der Waals surface area contributed by atoms with Crippen LogP contribution in [0.15, 0.2) is 17.9 Å². The van der Waals surface area contributed by atoms with Crippen molar-refractivity contribution >= 4 is 5.97 Å². The van der Waals surface area contributed by atoms with Gasteiger partial charge in [-0.3, -0.25) is 4.79 Å². The fourth-order valence-corrected chi connectivity index (χ4v) is 0.939. The first-order valence-corrected chi connectivity index (χ1v) is 3.89. The van der Waals surface area contributed by atoms with Crippen LogP contribution in [-0.2, 0) is 9.53 Å². The lowest BCUT2D eigenvalue weighted by atomic mass is 10.2. The van der Waals surface area contributed by atoms with E-state index in [1.165, 1.54) is 6.08 Å². The molecule has 0 aromatic carbocycles. The summed E-state index contributed by atoms with van der Waals surface area (Å²) >= 11 is 0. The highest BCUT2D eigenvalue weighted by Crippen LogP contribution is 2.13. The van der Waals surface area contributed by atoms with Crippen molar-refractivity contribution in [3.8, 4) is 24.2 Å². The second kappa shape index (κ2) is 4.88. The quantitative estimate of drug-likeness (QED) is 0.335. The molecule has 0 bridgehead atoms. The van der Waals surface area contributed by atoms with Gasteiger partial charge in [-0.15, -0.1) is 12.2 Å². The lowest BCUT2D eigenvalue weighted by molar-refractivity contribution is -0.139. The van der Waals surface area contributed by atoms with Gasteiger partial charge in [0, 0.05) is 12.5 Å². The SMILES string of the molecule is C#CC#CC=C=C[C@@H]1CCC(=O)O1. The fourth-order valence-electron chi connectivity index (χ4n) is 0.939. The Hall–Kier alpha value is -1.89. The Labute approximate surface area is 77.3 Å². The summed E-state index contributed by atoms with van der Waals surface area (Å²) in [4.78, 5) is 10.7. The molecule has 1 aliphatic heterocycles. The molecule has 1 heterocycles. The average molecular weight is 172 g/mol. The van der Waals surface area contributed by atoms with Gasteiger partial charge in [0.1, 0.15) is 6.10 Å². The van der Waals surface area contributed by atoms with Gasteiger partial charge < -0.3 is 4.74 Å². The van der Waals surface area contributed by atoms with Crippen LogP contribution in [0.2, 0.25) is 0 Å². The Bertz CT molecular complexity index is 354. The van der Waals surface area contributed by atoms with Gasteiger partial charge in [-0.05, 0) is 24.3 Å². The molecule has 0 aromatic heterocycles. The summed E-state index contributed by atoms with van der Waals surface area (Å²) in [5.41, 5.74) is 2.79.